The molecule has 0 amide bonds. The first-order valence-electron chi connectivity index (χ1n) is 6.88. The summed E-state index contributed by atoms with van der Waals surface area (Å²) >= 11 is 0. The molecule has 0 aliphatic carbocycles. The highest BCUT2D eigenvalue weighted by Gasteiger charge is 2.06. The molecule has 0 saturated heterocycles. The molecule has 21 heavy (non-hydrogen) atoms. The van der Waals surface area contributed by atoms with Crippen LogP contribution in [0.15, 0.2) is 35.5 Å². The van der Waals surface area contributed by atoms with E-state index in [9.17, 15) is 4.79 Å². The summed E-state index contributed by atoms with van der Waals surface area (Å²) in [5.41, 5.74) is 0.851. The van der Waals surface area contributed by atoms with Crippen molar-refractivity contribution in [3.05, 3.63) is 46.6 Å². The highest BCUT2D eigenvalue weighted by atomic mass is 16.5. The average molecular weight is 288 g/mol. The molecular weight excluding hydrogens is 268 g/mol. The largest absolute Gasteiger partial charge is 0.481 e. The molecule has 0 radical (unpaired) electrons. The zero-order valence-corrected chi connectivity index (χ0v) is 12.5. The normalized spacial score (nSPS) is 10.7. The Bertz CT molecular complexity index is 635. The van der Waals surface area contributed by atoms with Crippen LogP contribution in [0.4, 0.5) is 5.82 Å². The Morgan fingerprint density at radius 3 is 2.76 bits per heavy atom. The summed E-state index contributed by atoms with van der Waals surface area (Å²) in [6, 6.07) is 3.68. The third-order valence-corrected chi connectivity index (χ3v) is 2.94. The number of anilines is 1. The molecule has 0 unspecified atom stereocenters. The quantitative estimate of drug-likeness (QED) is 0.879. The first-order valence-corrected chi connectivity index (χ1v) is 6.88. The molecule has 2 heterocycles. The number of hydrogen-bond donors (Lipinski definition) is 1. The number of hydrogen-bond acceptors (Lipinski definition) is 5. The third-order valence-electron chi connectivity index (χ3n) is 2.94. The van der Waals surface area contributed by atoms with Gasteiger partial charge in [0.1, 0.15) is 0 Å². The van der Waals surface area contributed by atoms with Crippen LogP contribution in [0, 0.1) is 5.92 Å². The number of rotatable bonds is 6. The Morgan fingerprint density at radius 2 is 2.14 bits per heavy atom. The maximum atomic E-state index is 12.2. The summed E-state index contributed by atoms with van der Waals surface area (Å²) < 4.78 is 6.68. The van der Waals surface area contributed by atoms with Gasteiger partial charge < -0.3 is 14.6 Å². The van der Waals surface area contributed by atoms with Crippen LogP contribution >= 0.6 is 0 Å². The van der Waals surface area contributed by atoms with Crippen molar-refractivity contribution in [2.24, 2.45) is 5.92 Å². The Kier molecular flexibility index (Phi) is 4.92. The van der Waals surface area contributed by atoms with E-state index in [0.717, 1.165) is 5.56 Å². The topological polar surface area (TPSA) is 69.0 Å². The van der Waals surface area contributed by atoms with Crippen LogP contribution < -0.4 is 15.6 Å². The molecule has 0 saturated carbocycles. The molecule has 2 rings (SSSR count). The van der Waals surface area contributed by atoms with Gasteiger partial charge in [0.05, 0.1) is 7.11 Å². The van der Waals surface area contributed by atoms with Crippen LogP contribution in [0.2, 0.25) is 0 Å². The van der Waals surface area contributed by atoms with Gasteiger partial charge in [0.15, 0.2) is 5.82 Å². The minimum absolute atomic E-state index is 0.104. The maximum Gasteiger partial charge on any atom is 0.293 e. The second-order valence-corrected chi connectivity index (χ2v) is 5.19. The first-order chi connectivity index (χ1) is 10.1. The minimum Gasteiger partial charge on any atom is -0.481 e. The number of methoxy groups -OCH3 is 1. The van der Waals surface area contributed by atoms with E-state index >= 15 is 0 Å². The number of aromatic nitrogens is 3. The standard InChI is InChI=1S/C15H20N4O2/c1-11(2)10-19-7-6-16-14(15(19)20)18-9-12-4-5-13(21-3)17-8-12/h4-8,11H,9-10H2,1-3H3,(H,16,18). The van der Waals surface area contributed by atoms with E-state index in [2.05, 4.69) is 29.1 Å². The molecule has 6 heteroatoms. The minimum atomic E-state index is -0.104. The van der Waals surface area contributed by atoms with Crippen molar-refractivity contribution in [2.45, 2.75) is 26.9 Å². The molecular formula is C15H20N4O2. The smallest absolute Gasteiger partial charge is 0.293 e. The van der Waals surface area contributed by atoms with Gasteiger partial charge in [0, 0.05) is 37.7 Å². The summed E-state index contributed by atoms with van der Waals surface area (Å²) in [6.45, 7) is 5.32. The summed E-state index contributed by atoms with van der Waals surface area (Å²) in [6.07, 6.45) is 5.06. The van der Waals surface area contributed by atoms with Crippen LogP contribution in [0.5, 0.6) is 5.88 Å². The molecule has 112 valence electrons. The highest BCUT2D eigenvalue weighted by Crippen LogP contribution is 2.07. The average Bonchev–Trinajstić information content (AvgIpc) is 2.48. The van der Waals surface area contributed by atoms with Gasteiger partial charge in [-0.1, -0.05) is 19.9 Å². The van der Waals surface area contributed by atoms with Gasteiger partial charge in [-0.15, -0.1) is 0 Å². The van der Waals surface area contributed by atoms with Gasteiger partial charge in [0.2, 0.25) is 5.88 Å². The Morgan fingerprint density at radius 1 is 1.33 bits per heavy atom. The highest BCUT2D eigenvalue weighted by molar-refractivity contribution is 5.32. The molecule has 0 atom stereocenters. The SMILES string of the molecule is COc1ccc(CNc2nccn(CC(C)C)c2=O)cn1. The zero-order chi connectivity index (χ0) is 15.2. The maximum absolute atomic E-state index is 12.2. The fraction of sp³-hybridized carbons (Fsp3) is 0.400. The van der Waals surface area contributed by atoms with Crippen molar-refractivity contribution in [1.82, 2.24) is 14.5 Å². The fourth-order valence-corrected chi connectivity index (χ4v) is 1.93. The zero-order valence-electron chi connectivity index (χ0n) is 12.5. The van der Waals surface area contributed by atoms with Gasteiger partial charge in [0.25, 0.3) is 5.56 Å². The molecule has 0 fully saturated rings. The Balaban J connectivity index is 2.07. The summed E-state index contributed by atoms with van der Waals surface area (Å²) in [5, 5.41) is 3.06. The number of pyridine rings is 1. The van der Waals surface area contributed by atoms with Crippen LogP contribution in [0.1, 0.15) is 19.4 Å². The molecule has 0 spiro atoms. The van der Waals surface area contributed by atoms with Crippen molar-refractivity contribution in [2.75, 3.05) is 12.4 Å². The van der Waals surface area contributed by atoms with Crippen LogP contribution in [0.25, 0.3) is 0 Å². The summed E-state index contributed by atoms with van der Waals surface area (Å²) in [5.74, 6) is 1.33. The Labute approximate surface area is 123 Å². The molecule has 0 bridgehead atoms. The molecule has 6 nitrogen and oxygen atoms in total. The van der Waals surface area contributed by atoms with E-state index in [0.29, 0.717) is 30.7 Å². The van der Waals surface area contributed by atoms with Crippen LogP contribution in [-0.2, 0) is 13.1 Å². The molecule has 0 aromatic carbocycles. The van der Waals surface area contributed by atoms with Crippen molar-refractivity contribution < 1.29 is 4.74 Å². The lowest BCUT2D eigenvalue weighted by molar-refractivity contribution is 0.397. The van der Waals surface area contributed by atoms with E-state index in [1.54, 1.807) is 36.3 Å². The molecule has 1 N–H and O–H groups in total. The number of nitrogens with zero attached hydrogens (tertiary/aromatic N) is 3. The Hall–Kier alpha value is -2.37. The van der Waals surface area contributed by atoms with Gasteiger partial charge in [-0.25, -0.2) is 9.97 Å². The third kappa shape index (κ3) is 4.05. The van der Waals surface area contributed by atoms with Crippen LogP contribution in [0.3, 0.4) is 0 Å². The molecule has 2 aromatic heterocycles. The number of nitrogens with one attached hydrogen (secondary N) is 1. The monoisotopic (exact) mass is 288 g/mol. The lowest BCUT2D eigenvalue weighted by Crippen LogP contribution is -2.25. The van der Waals surface area contributed by atoms with Gasteiger partial charge in [-0.3, -0.25) is 4.79 Å². The van der Waals surface area contributed by atoms with E-state index in [1.807, 2.05) is 6.07 Å². The molecule has 0 aliphatic rings. The summed E-state index contributed by atoms with van der Waals surface area (Å²) in [4.78, 5) is 20.5. The molecule has 2 aromatic rings. The van der Waals surface area contributed by atoms with E-state index in [4.69, 9.17) is 4.74 Å². The van der Waals surface area contributed by atoms with Crippen LogP contribution in [-0.4, -0.2) is 21.6 Å². The second kappa shape index (κ2) is 6.88. The van der Waals surface area contributed by atoms with Crippen molar-refractivity contribution in [3.8, 4) is 5.88 Å². The predicted octanol–water partition coefficient (Wildman–Crippen LogP) is 1.91. The predicted molar refractivity (Wildman–Crippen MR) is 81.5 cm³/mol. The van der Waals surface area contributed by atoms with Crippen molar-refractivity contribution >= 4 is 5.82 Å². The van der Waals surface area contributed by atoms with Crippen molar-refractivity contribution in [3.63, 3.8) is 0 Å². The van der Waals surface area contributed by atoms with E-state index in [-0.39, 0.29) is 5.56 Å². The van der Waals surface area contributed by atoms with E-state index in [1.165, 1.54) is 0 Å². The van der Waals surface area contributed by atoms with Gasteiger partial charge in [-0.05, 0) is 11.5 Å². The first kappa shape index (κ1) is 15.0. The number of ether oxygens (including phenoxy) is 1. The lowest BCUT2D eigenvalue weighted by Gasteiger charge is -2.10. The second-order valence-electron chi connectivity index (χ2n) is 5.19. The van der Waals surface area contributed by atoms with Crippen molar-refractivity contribution in [1.29, 1.82) is 0 Å². The lowest BCUT2D eigenvalue weighted by atomic mass is 10.2. The summed E-state index contributed by atoms with van der Waals surface area (Å²) in [7, 11) is 1.57. The van der Waals surface area contributed by atoms with Gasteiger partial charge in [-0.2, -0.15) is 0 Å². The molecule has 0 aliphatic heterocycles. The fourth-order valence-electron chi connectivity index (χ4n) is 1.93. The van der Waals surface area contributed by atoms with E-state index < -0.39 is 0 Å². The van der Waals surface area contributed by atoms with Gasteiger partial charge >= 0.3 is 0 Å².